The summed E-state index contributed by atoms with van der Waals surface area (Å²) >= 11 is 1.61. The molecule has 0 unspecified atom stereocenters. The molecule has 2 saturated heterocycles. The summed E-state index contributed by atoms with van der Waals surface area (Å²) in [6, 6.07) is 0.438. The Bertz CT molecular complexity index is 934. The van der Waals surface area contributed by atoms with Crippen molar-refractivity contribution in [3.63, 3.8) is 0 Å². The van der Waals surface area contributed by atoms with Crippen LogP contribution in [0.5, 0.6) is 0 Å². The van der Waals surface area contributed by atoms with Gasteiger partial charge in [0.2, 0.25) is 0 Å². The second-order valence-corrected chi connectivity index (χ2v) is 9.00. The average Bonchev–Trinajstić information content (AvgIpc) is 3.19. The summed E-state index contributed by atoms with van der Waals surface area (Å²) in [6.45, 7) is 4.86. The highest BCUT2D eigenvalue weighted by Crippen LogP contribution is 2.37. The molecule has 0 bridgehead atoms. The number of hydrogen-bond donors (Lipinski definition) is 1. The quantitative estimate of drug-likeness (QED) is 0.649. The number of piperazine rings is 1. The molecule has 4 rings (SSSR count). The van der Waals surface area contributed by atoms with Crippen LogP contribution in [-0.2, 0) is 18.9 Å². The van der Waals surface area contributed by atoms with Gasteiger partial charge in [-0.1, -0.05) is 0 Å². The monoisotopic (exact) mass is 493 g/mol. The molecule has 2 fully saturated rings. The van der Waals surface area contributed by atoms with Crippen molar-refractivity contribution in [2.24, 2.45) is 0 Å². The summed E-state index contributed by atoms with van der Waals surface area (Å²) in [6.07, 6.45) is -8.16. The smallest absolute Gasteiger partial charge is 0.321 e. The summed E-state index contributed by atoms with van der Waals surface area (Å²) in [4.78, 5) is 22.6. The number of nitrogens with one attached hydrogen (secondary N) is 1. The standard InChI is InChI=1S/C20H21F6N5OS/c21-19(22,23)13-7-14(20(24,25)26)9-15(8-13)28-18(32)31-10-16(11-31)30-4-2-29(3-5-30)12-17-27-1-6-33-17/h1,6-9,16H,2-5,10-12H2,(H,28,32). The highest BCUT2D eigenvalue weighted by atomic mass is 32.1. The lowest BCUT2D eigenvalue weighted by atomic mass is 10.1. The van der Waals surface area contributed by atoms with E-state index in [1.165, 1.54) is 4.90 Å². The number of rotatable bonds is 4. The van der Waals surface area contributed by atoms with Gasteiger partial charge in [0.15, 0.2) is 0 Å². The third-order valence-electron chi connectivity index (χ3n) is 5.75. The number of benzene rings is 1. The molecule has 1 aromatic carbocycles. The summed E-state index contributed by atoms with van der Waals surface area (Å²) in [5.41, 5.74) is -3.48. The van der Waals surface area contributed by atoms with Gasteiger partial charge < -0.3 is 10.2 Å². The molecule has 0 radical (unpaired) electrons. The van der Waals surface area contributed by atoms with Gasteiger partial charge in [0, 0.05) is 62.6 Å². The number of halogens is 6. The maximum atomic E-state index is 13.0. The molecule has 2 aliphatic heterocycles. The van der Waals surface area contributed by atoms with Crippen molar-refractivity contribution in [2.45, 2.75) is 24.9 Å². The number of carbonyl (C=O) groups is 1. The van der Waals surface area contributed by atoms with Gasteiger partial charge in [0.25, 0.3) is 0 Å². The molecule has 2 aromatic rings. The van der Waals surface area contributed by atoms with Crippen LogP contribution in [0.3, 0.4) is 0 Å². The maximum absolute atomic E-state index is 13.0. The Morgan fingerprint density at radius 3 is 2.12 bits per heavy atom. The first-order chi connectivity index (χ1) is 15.5. The largest absolute Gasteiger partial charge is 0.416 e. The first-order valence-corrected chi connectivity index (χ1v) is 11.1. The minimum Gasteiger partial charge on any atom is -0.321 e. The van der Waals surface area contributed by atoms with Crippen LogP contribution in [-0.4, -0.2) is 71.0 Å². The molecule has 0 atom stereocenters. The number of amides is 2. The van der Waals surface area contributed by atoms with E-state index in [1.807, 2.05) is 5.38 Å². The highest BCUT2D eigenvalue weighted by molar-refractivity contribution is 7.09. The van der Waals surface area contributed by atoms with Crippen molar-refractivity contribution in [1.82, 2.24) is 19.7 Å². The van der Waals surface area contributed by atoms with E-state index in [-0.39, 0.29) is 12.1 Å². The molecular weight excluding hydrogens is 472 g/mol. The molecule has 0 saturated carbocycles. The lowest BCUT2D eigenvalue weighted by Gasteiger charge is -2.47. The van der Waals surface area contributed by atoms with E-state index in [2.05, 4.69) is 20.1 Å². The summed E-state index contributed by atoms with van der Waals surface area (Å²) in [7, 11) is 0. The van der Waals surface area contributed by atoms with Gasteiger partial charge in [-0.05, 0) is 18.2 Å². The molecule has 3 heterocycles. The van der Waals surface area contributed by atoms with Crippen LogP contribution in [0.25, 0.3) is 0 Å². The van der Waals surface area contributed by atoms with E-state index in [9.17, 15) is 31.1 Å². The minimum atomic E-state index is -4.97. The van der Waals surface area contributed by atoms with E-state index >= 15 is 0 Å². The molecule has 2 amide bonds. The van der Waals surface area contributed by atoms with E-state index in [1.54, 1.807) is 17.5 Å². The molecule has 1 aromatic heterocycles. The molecular formula is C20H21F6N5OS. The SMILES string of the molecule is O=C(Nc1cc(C(F)(F)F)cc(C(F)(F)F)c1)N1CC(N2CCN(Cc3nccs3)CC2)C1. The molecule has 1 N–H and O–H groups in total. The van der Waals surface area contributed by atoms with Crippen molar-refractivity contribution in [3.05, 3.63) is 45.9 Å². The van der Waals surface area contributed by atoms with Crippen LogP contribution in [0.2, 0.25) is 0 Å². The van der Waals surface area contributed by atoms with Crippen LogP contribution >= 0.6 is 11.3 Å². The van der Waals surface area contributed by atoms with Crippen molar-refractivity contribution in [3.8, 4) is 0 Å². The van der Waals surface area contributed by atoms with E-state index in [0.29, 0.717) is 25.2 Å². The van der Waals surface area contributed by atoms with Crippen molar-refractivity contribution in [2.75, 3.05) is 44.6 Å². The Kier molecular flexibility index (Phi) is 6.56. The number of nitrogens with zero attached hydrogens (tertiary/aromatic N) is 4. The number of thiazole rings is 1. The van der Waals surface area contributed by atoms with Crippen LogP contribution in [0, 0.1) is 0 Å². The Labute approximate surface area is 189 Å². The Morgan fingerprint density at radius 1 is 1.00 bits per heavy atom. The average molecular weight is 493 g/mol. The lowest BCUT2D eigenvalue weighted by molar-refractivity contribution is -0.143. The Hall–Kier alpha value is -2.38. The Morgan fingerprint density at radius 2 is 1.61 bits per heavy atom. The Balaban J connectivity index is 1.30. The normalized spacial score (nSPS) is 18.9. The minimum absolute atomic E-state index is 0.0312. The van der Waals surface area contributed by atoms with Crippen LogP contribution < -0.4 is 5.32 Å². The maximum Gasteiger partial charge on any atom is 0.416 e. The number of carbonyl (C=O) groups excluding carboxylic acids is 1. The summed E-state index contributed by atoms with van der Waals surface area (Å²) < 4.78 is 78.0. The number of likely N-dealkylation sites (tertiary alicyclic amines) is 1. The number of urea groups is 1. The molecule has 2 aliphatic rings. The van der Waals surface area contributed by atoms with Crippen LogP contribution in [0.4, 0.5) is 36.8 Å². The summed E-state index contributed by atoms with van der Waals surface area (Å²) in [5, 5.41) is 5.17. The van der Waals surface area contributed by atoms with Gasteiger partial charge >= 0.3 is 18.4 Å². The van der Waals surface area contributed by atoms with E-state index in [4.69, 9.17) is 0 Å². The van der Waals surface area contributed by atoms with Gasteiger partial charge in [-0.25, -0.2) is 9.78 Å². The summed E-state index contributed by atoms with van der Waals surface area (Å²) in [5.74, 6) is 0. The predicted molar refractivity (Wildman–Crippen MR) is 110 cm³/mol. The highest BCUT2D eigenvalue weighted by Gasteiger charge is 2.39. The van der Waals surface area contributed by atoms with Crippen molar-refractivity contribution < 1.29 is 31.1 Å². The second kappa shape index (κ2) is 9.11. The number of hydrogen-bond acceptors (Lipinski definition) is 5. The van der Waals surface area contributed by atoms with Gasteiger partial charge in [-0.15, -0.1) is 11.3 Å². The van der Waals surface area contributed by atoms with Gasteiger partial charge in [-0.3, -0.25) is 9.80 Å². The first-order valence-electron chi connectivity index (χ1n) is 10.2. The van der Waals surface area contributed by atoms with Crippen molar-refractivity contribution >= 4 is 23.1 Å². The first kappa shape index (κ1) is 23.8. The second-order valence-electron chi connectivity index (χ2n) is 8.02. The number of anilines is 1. The van der Waals surface area contributed by atoms with Gasteiger partial charge in [-0.2, -0.15) is 26.3 Å². The van der Waals surface area contributed by atoms with E-state index in [0.717, 1.165) is 37.7 Å². The zero-order chi connectivity index (χ0) is 23.8. The molecule has 13 heteroatoms. The predicted octanol–water partition coefficient (Wildman–Crippen LogP) is 4.21. The van der Waals surface area contributed by atoms with Crippen LogP contribution in [0.1, 0.15) is 16.1 Å². The lowest BCUT2D eigenvalue weighted by Crippen LogP contribution is -2.64. The molecule has 0 aliphatic carbocycles. The third-order valence-corrected chi connectivity index (χ3v) is 6.52. The number of aromatic nitrogens is 1. The van der Waals surface area contributed by atoms with Crippen molar-refractivity contribution in [1.29, 1.82) is 0 Å². The van der Waals surface area contributed by atoms with Crippen LogP contribution in [0.15, 0.2) is 29.8 Å². The topological polar surface area (TPSA) is 51.7 Å². The molecule has 0 spiro atoms. The zero-order valence-electron chi connectivity index (χ0n) is 17.3. The van der Waals surface area contributed by atoms with E-state index < -0.39 is 35.2 Å². The van der Waals surface area contributed by atoms with Gasteiger partial charge in [0.05, 0.1) is 17.7 Å². The number of alkyl halides is 6. The molecule has 180 valence electrons. The third kappa shape index (κ3) is 5.76. The van der Waals surface area contributed by atoms with Gasteiger partial charge in [0.1, 0.15) is 5.01 Å². The molecule has 6 nitrogen and oxygen atoms in total. The fourth-order valence-electron chi connectivity index (χ4n) is 3.89. The fourth-order valence-corrected chi connectivity index (χ4v) is 4.55. The fraction of sp³-hybridized carbons (Fsp3) is 0.500. The molecule has 33 heavy (non-hydrogen) atoms. The zero-order valence-corrected chi connectivity index (χ0v) is 18.1.